The highest BCUT2D eigenvalue weighted by atomic mass is 127. The molecule has 0 radical (unpaired) electrons. The molecule has 0 bridgehead atoms. The van der Waals surface area contributed by atoms with Crippen LogP contribution in [-0.4, -0.2) is 38.0 Å². The minimum atomic E-state index is -1.50. The number of aliphatic hydroxyl groups excluding tert-OH is 1. The number of alkyl halides is 1. The summed E-state index contributed by atoms with van der Waals surface area (Å²) in [6.07, 6.45) is -2.76. The lowest BCUT2D eigenvalue weighted by molar-refractivity contribution is -0.210. The van der Waals surface area contributed by atoms with Crippen molar-refractivity contribution >= 4 is 34.7 Å². The van der Waals surface area contributed by atoms with Crippen LogP contribution in [0.3, 0.4) is 0 Å². The van der Waals surface area contributed by atoms with Crippen molar-refractivity contribution in [3.63, 3.8) is 0 Å². The van der Waals surface area contributed by atoms with Gasteiger partial charge in [0.05, 0.1) is 6.42 Å². The largest absolute Gasteiger partial charge is 0.463 e. The molecule has 6 nitrogen and oxygen atoms in total. The Balaban J connectivity index is 4.10. The molecule has 0 aromatic carbocycles. The molecule has 1 amide bonds. The van der Waals surface area contributed by atoms with Gasteiger partial charge in [0.1, 0.15) is 0 Å². The third-order valence-electron chi connectivity index (χ3n) is 1.03. The zero-order chi connectivity index (χ0) is 10.4. The maximum absolute atomic E-state index is 10.8. The van der Waals surface area contributed by atoms with Crippen molar-refractivity contribution < 1.29 is 24.6 Å². The Morgan fingerprint density at radius 1 is 1.62 bits per heavy atom. The smallest absolute Gasteiger partial charge is 0.443 e. The van der Waals surface area contributed by atoms with E-state index in [2.05, 4.69) is 4.84 Å². The van der Waals surface area contributed by atoms with Gasteiger partial charge in [-0.1, -0.05) is 22.6 Å². The summed E-state index contributed by atoms with van der Waals surface area (Å²) < 4.78 is 0.532. The van der Waals surface area contributed by atoms with Gasteiger partial charge in [0, 0.05) is 4.43 Å². The van der Waals surface area contributed by atoms with E-state index in [-0.39, 0.29) is 11.5 Å². The van der Waals surface area contributed by atoms with Gasteiger partial charge in [0.25, 0.3) is 0 Å². The second-order valence-electron chi connectivity index (χ2n) is 2.14. The normalized spacial score (nSPS) is 11.9. The summed E-state index contributed by atoms with van der Waals surface area (Å²) in [5.41, 5.74) is 0. The number of hydroxylamine groups is 2. The SMILES string of the molecule is CC(O)N(OC(=O)CCI)C(=O)O. The molecule has 0 rings (SSSR count). The van der Waals surface area contributed by atoms with Crippen molar-refractivity contribution in [2.45, 2.75) is 19.6 Å². The average Bonchev–Trinajstić information content (AvgIpc) is 1.99. The molecule has 2 N–H and O–H groups in total. The summed E-state index contributed by atoms with van der Waals surface area (Å²) in [4.78, 5) is 25.5. The number of hydrogen-bond donors (Lipinski definition) is 2. The molecule has 0 aliphatic heterocycles. The van der Waals surface area contributed by atoms with Crippen molar-refractivity contribution in [2.75, 3.05) is 4.43 Å². The van der Waals surface area contributed by atoms with E-state index in [1.165, 1.54) is 6.92 Å². The lowest BCUT2D eigenvalue weighted by Crippen LogP contribution is -2.39. The molecule has 0 saturated carbocycles. The molecule has 1 unspecified atom stereocenters. The first-order valence-corrected chi connectivity index (χ1v) is 4.98. The van der Waals surface area contributed by atoms with Crippen LogP contribution in [0.1, 0.15) is 13.3 Å². The number of nitrogens with zero attached hydrogens (tertiary/aromatic N) is 1. The number of amides is 1. The standard InChI is InChI=1S/C6H10INO5/c1-4(9)8(6(11)12)13-5(10)2-3-7/h4,9H,2-3H2,1H3,(H,11,12). The van der Waals surface area contributed by atoms with Crippen LogP contribution in [0.25, 0.3) is 0 Å². The molecule has 76 valence electrons. The third-order valence-corrected chi connectivity index (χ3v) is 1.57. The van der Waals surface area contributed by atoms with Gasteiger partial charge in [-0.3, -0.25) is 0 Å². The molecular formula is C6H10INO5. The zero-order valence-electron chi connectivity index (χ0n) is 6.94. The van der Waals surface area contributed by atoms with Crippen LogP contribution in [0, 0.1) is 0 Å². The fraction of sp³-hybridized carbons (Fsp3) is 0.667. The van der Waals surface area contributed by atoms with Gasteiger partial charge >= 0.3 is 12.1 Å². The molecule has 1 atom stereocenters. The predicted molar refractivity (Wildman–Crippen MR) is 51.1 cm³/mol. The van der Waals surface area contributed by atoms with Crippen LogP contribution in [0.5, 0.6) is 0 Å². The van der Waals surface area contributed by atoms with E-state index in [0.29, 0.717) is 4.43 Å². The number of aliphatic hydroxyl groups is 1. The molecule has 0 aliphatic carbocycles. The first-order valence-electron chi connectivity index (χ1n) is 3.46. The predicted octanol–water partition coefficient (Wildman–Crippen LogP) is 0.588. The Bertz CT molecular complexity index is 195. The summed E-state index contributed by atoms with van der Waals surface area (Å²) in [5, 5.41) is 17.5. The average molecular weight is 303 g/mol. The van der Waals surface area contributed by atoms with Crippen LogP contribution in [0.4, 0.5) is 4.79 Å². The van der Waals surface area contributed by atoms with Gasteiger partial charge in [-0.2, -0.15) is 0 Å². The monoisotopic (exact) mass is 303 g/mol. The van der Waals surface area contributed by atoms with Crippen LogP contribution in [0.15, 0.2) is 0 Å². The number of carboxylic acid groups (broad SMARTS) is 1. The highest BCUT2D eigenvalue weighted by Crippen LogP contribution is 2.01. The van der Waals surface area contributed by atoms with Gasteiger partial charge in [0.2, 0.25) is 0 Å². The van der Waals surface area contributed by atoms with Crippen molar-refractivity contribution in [2.24, 2.45) is 0 Å². The Hall–Kier alpha value is -0.570. The third kappa shape index (κ3) is 4.88. The number of carbonyl (C=O) groups excluding carboxylic acids is 1. The van der Waals surface area contributed by atoms with Crippen LogP contribution < -0.4 is 0 Å². The number of carbonyl (C=O) groups is 2. The second kappa shape index (κ2) is 5.97. The Labute approximate surface area is 88.6 Å². The molecule has 0 heterocycles. The number of hydrogen-bond acceptors (Lipinski definition) is 4. The highest BCUT2D eigenvalue weighted by Gasteiger charge is 2.21. The summed E-state index contributed by atoms with van der Waals surface area (Å²) in [5.74, 6) is -0.683. The van der Waals surface area contributed by atoms with Gasteiger partial charge in [-0.15, -0.1) is 5.06 Å². The maximum atomic E-state index is 10.8. The van der Waals surface area contributed by atoms with Crippen molar-refractivity contribution in [3.05, 3.63) is 0 Å². The summed E-state index contributed by atoms with van der Waals surface area (Å²) in [7, 11) is 0. The molecule has 0 aromatic rings. The van der Waals surface area contributed by atoms with E-state index < -0.39 is 18.3 Å². The Kier molecular flexibility index (Phi) is 5.71. The molecule has 13 heavy (non-hydrogen) atoms. The van der Waals surface area contributed by atoms with E-state index in [1.54, 1.807) is 0 Å². The summed E-state index contributed by atoms with van der Waals surface area (Å²) >= 11 is 1.95. The van der Waals surface area contributed by atoms with Gasteiger partial charge in [0.15, 0.2) is 6.23 Å². The van der Waals surface area contributed by atoms with Gasteiger partial charge in [-0.25, -0.2) is 9.59 Å². The van der Waals surface area contributed by atoms with Crippen LogP contribution in [-0.2, 0) is 9.63 Å². The Morgan fingerprint density at radius 2 is 2.15 bits per heavy atom. The zero-order valence-corrected chi connectivity index (χ0v) is 9.09. The molecule has 0 saturated heterocycles. The van der Waals surface area contributed by atoms with Crippen molar-refractivity contribution in [1.29, 1.82) is 0 Å². The van der Waals surface area contributed by atoms with Crippen molar-refractivity contribution in [3.8, 4) is 0 Å². The number of halogens is 1. The fourth-order valence-corrected chi connectivity index (χ4v) is 0.948. The molecule has 0 aromatic heterocycles. The molecular weight excluding hydrogens is 293 g/mol. The van der Waals surface area contributed by atoms with Gasteiger partial charge in [-0.05, 0) is 6.92 Å². The lowest BCUT2D eigenvalue weighted by atomic mass is 10.5. The first-order chi connectivity index (χ1) is 5.99. The maximum Gasteiger partial charge on any atom is 0.443 e. The summed E-state index contributed by atoms with van der Waals surface area (Å²) in [6.45, 7) is 1.19. The second-order valence-corrected chi connectivity index (χ2v) is 3.22. The van der Waals surface area contributed by atoms with E-state index >= 15 is 0 Å². The van der Waals surface area contributed by atoms with E-state index in [0.717, 1.165) is 0 Å². The Morgan fingerprint density at radius 3 is 2.46 bits per heavy atom. The first kappa shape index (κ1) is 12.4. The minimum absolute atomic E-state index is 0.108. The summed E-state index contributed by atoms with van der Waals surface area (Å²) in [6, 6.07) is 0. The number of rotatable bonds is 3. The van der Waals surface area contributed by atoms with E-state index in [9.17, 15) is 9.59 Å². The van der Waals surface area contributed by atoms with Crippen LogP contribution >= 0.6 is 22.6 Å². The van der Waals surface area contributed by atoms with Gasteiger partial charge < -0.3 is 15.1 Å². The van der Waals surface area contributed by atoms with Crippen LogP contribution in [0.2, 0.25) is 0 Å². The minimum Gasteiger partial charge on any atom is -0.463 e. The van der Waals surface area contributed by atoms with E-state index in [1.807, 2.05) is 22.6 Å². The highest BCUT2D eigenvalue weighted by molar-refractivity contribution is 14.1. The molecule has 0 aliphatic rings. The fourth-order valence-electron chi connectivity index (χ4n) is 0.508. The lowest BCUT2D eigenvalue weighted by Gasteiger charge is -2.19. The van der Waals surface area contributed by atoms with E-state index in [4.69, 9.17) is 10.2 Å². The topological polar surface area (TPSA) is 87.1 Å². The molecule has 7 heteroatoms. The van der Waals surface area contributed by atoms with Crippen molar-refractivity contribution in [1.82, 2.24) is 5.06 Å². The molecule has 0 fully saturated rings. The molecule has 0 spiro atoms. The quantitative estimate of drug-likeness (QED) is 0.345.